The summed E-state index contributed by atoms with van der Waals surface area (Å²) in [6, 6.07) is 4.27. The molecule has 9 nitrogen and oxygen atoms in total. The van der Waals surface area contributed by atoms with E-state index in [1.54, 1.807) is 6.20 Å². The van der Waals surface area contributed by atoms with E-state index in [0.29, 0.717) is 25.7 Å². The Morgan fingerprint density at radius 3 is 2.61 bits per heavy atom. The first-order chi connectivity index (χ1) is 15.7. The molecule has 0 N–H and O–H groups in total. The van der Waals surface area contributed by atoms with Crippen LogP contribution in [0.2, 0.25) is 0 Å². The largest absolute Gasteiger partial charge is 0.297 e. The van der Waals surface area contributed by atoms with Gasteiger partial charge in [0.2, 0.25) is 0 Å². The predicted molar refractivity (Wildman–Crippen MR) is 128 cm³/mol. The van der Waals surface area contributed by atoms with Crippen LogP contribution in [-0.4, -0.2) is 61.0 Å². The highest BCUT2D eigenvalue weighted by atomic mass is 32.2. The van der Waals surface area contributed by atoms with Gasteiger partial charge in [-0.25, -0.2) is 13.1 Å². The normalized spacial score (nSPS) is 20.1. The molecule has 2 fully saturated rings. The summed E-state index contributed by atoms with van der Waals surface area (Å²) in [5.41, 5.74) is 4.07. The molecule has 0 radical (unpaired) electrons. The van der Waals surface area contributed by atoms with E-state index in [9.17, 15) is 8.42 Å². The van der Waals surface area contributed by atoms with E-state index >= 15 is 0 Å². The lowest BCUT2D eigenvalue weighted by atomic mass is 10.2. The highest BCUT2D eigenvalue weighted by Gasteiger charge is 2.32. The van der Waals surface area contributed by atoms with Crippen LogP contribution >= 0.6 is 12.2 Å². The van der Waals surface area contributed by atoms with Gasteiger partial charge in [-0.2, -0.15) is 10.2 Å². The number of pyridine rings is 1. The second-order valence-corrected chi connectivity index (χ2v) is 11.8. The second kappa shape index (κ2) is 8.44. The first-order valence-electron chi connectivity index (χ1n) is 11.3. The van der Waals surface area contributed by atoms with Crippen molar-refractivity contribution in [3.05, 3.63) is 46.2 Å². The Bertz CT molecular complexity index is 1340. The summed E-state index contributed by atoms with van der Waals surface area (Å²) < 4.78 is 30.6. The number of nitrogens with zero attached hydrogens (tertiary/aromatic N) is 7. The molecule has 1 aliphatic carbocycles. The highest BCUT2D eigenvalue weighted by molar-refractivity contribution is 7.91. The molecule has 3 aromatic heterocycles. The zero-order chi connectivity index (χ0) is 23.3. The minimum atomic E-state index is -2.96. The predicted octanol–water partition coefficient (Wildman–Crippen LogP) is 3.07. The number of sulfone groups is 1. The number of hydrogen-bond donors (Lipinski definition) is 0. The number of aryl methyl sites for hydroxylation is 1. The van der Waals surface area contributed by atoms with Crippen LogP contribution in [0.4, 0.5) is 0 Å². The quantitative estimate of drug-likeness (QED) is 0.473. The van der Waals surface area contributed by atoms with Crippen molar-refractivity contribution in [1.82, 2.24) is 34.0 Å². The Morgan fingerprint density at radius 1 is 1.18 bits per heavy atom. The van der Waals surface area contributed by atoms with Crippen molar-refractivity contribution in [2.75, 3.05) is 18.6 Å². The van der Waals surface area contributed by atoms with Gasteiger partial charge >= 0.3 is 0 Å². The minimum absolute atomic E-state index is 0.0716. The van der Waals surface area contributed by atoms with Crippen molar-refractivity contribution in [3.63, 3.8) is 0 Å². The van der Waals surface area contributed by atoms with Gasteiger partial charge in [-0.05, 0) is 64.5 Å². The van der Waals surface area contributed by atoms with Crippen molar-refractivity contribution in [2.24, 2.45) is 0 Å². The van der Waals surface area contributed by atoms with Crippen LogP contribution in [0.5, 0.6) is 0 Å². The molecule has 0 bridgehead atoms. The van der Waals surface area contributed by atoms with Gasteiger partial charge in [0.15, 0.2) is 20.4 Å². The Balaban J connectivity index is 1.37. The Morgan fingerprint density at radius 2 is 1.97 bits per heavy atom. The molecule has 3 aromatic rings. The van der Waals surface area contributed by atoms with Crippen molar-refractivity contribution in [3.8, 4) is 11.4 Å². The standard InChI is InChI=1S/C22H29N7O2S2/c1-15-20(16(2)29(24-15)19-8-10-33(30,31)13-19)12-26(3)14-27-22(32)28(18-6-7-18)21(25-27)17-5-4-9-23-11-17/h4-5,9,11,18-19H,6-8,10,12-14H2,1-3H3/t19-/m0/s1. The molecule has 1 atom stereocenters. The van der Waals surface area contributed by atoms with Crippen molar-refractivity contribution < 1.29 is 8.42 Å². The van der Waals surface area contributed by atoms with Gasteiger partial charge in [0.25, 0.3) is 0 Å². The zero-order valence-electron chi connectivity index (χ0n) is 19.2. The van der Waals surface area contributed by atoms with Crippen LogP contribution in [0, 0.1) is 18.6 Å². The summed E-state index contributed by atoms with van der Waals surface area (Å²) >= 11 is 5.80. The van der Waals surface area contributed by atoms with Gasteiger partial charge in [0.1, 0.15) is 0 Å². The average molecular weight is 488 g/mol. The van der Waals surface area contributed by atoms with Crippen molar-refractivity contribution >= 4 is 22.1 Å². The Labute approximate surface area is 199 Å². The van der Waals surface area contributed by atoms with E-state index in [1.807, 2.05) is 48.6 Å². The fourth-order valence-corrected chi connectivity index (χ4v) is 6.69. The molecule has 5 rings (SSSR count). The summed E-state index contributed by atoms with van der Waals surface area (Å²) in [6.07, 6.45) is 6.46. The second-order valence-electron chi connectivity index (χ2n) is 9.25. The maximum atomic E-state index is 11.9. The van der Waals surface area contributed by atoms with E-state index in [0.717, 1.165) is 46.0 Å². The summed E-state index contributed by atoms with van der Waals surface area (Å²) in [6.45, 7) is 5.25. The molecule has 0 unspecified atom stereocenters. The summed E-state index contributed by atoms with van der Waals surface area (Å²) in [7, 11) is -0.921. The molecule has 1 saturated heterocycles. The highest BCUT2D eigenvalue weighted by Crippen LogP contribution is 2.38. The molecular formula is C22H29N7O2S2. The Hall–Kier alpha value is -2.37. The van der Waals surface area contributed by atoms with Crippen LogP contribution in [-0.2, 0) is 23.1 Å². The van der Waals surface area contributed by atoms with Crippen LogP contribution < -0.4 is 0 Å². The van der Waals surface area contributed by atoms with Gasteiger partial charge < -0.3 is 0 Å². The molecule has 1 aliphatic heterocycles. The maximum Gasteiger partial charge on any atom is 0.199 e. The average Bonchev–Trinajstić information content (AvgIpc) is 3.40. The molecule has 2 aliphatic rings. The molecule has 11 heteroatoms. The van der Waals surface area contributed by atoms with Crippen LogP contribution in [0.1, 0.15) is 48.3 Å². The SMILES string of the molecule is Cc1nn([C@H]2CCS(=O)(=O)C2)c(C)c1CN(C)Cn1nc(-c2cccnc2)n(C2CC2)c1=S. The first kappa shape index (κ1) is 22.4. The van der Waals surface area contributed by atoms with E-state index in [1.165, 1.54) is 0 Å². The van der Waals surface area contributed by atoms with Crippen molar-refractivity contribution in [2.45, 2.75) is 58.4 Å². The third kappa shape index (κ3) is 4.41. The third-order valence-corrected chi connectivity index (χ3v) is 8.69. The molecule has 0 aromatic carbocycles. The van der Waals surface area contributed by atoms with E-state index in [4.69, 9.17) is 22.4 Å². The summed E-state index contributed by atoms with van der Waals surface area (Å²) in [5, 5.41) is 9.55. The Kier molecular flexibility index (Phi) is 5.74. The van der Waals surface area contributed by atoms with Gasteiger partial charge in [0.05, 0.1) is 29.9 Å². The van der Waals surface area contributed by atoms with Crippen LogP contribution in [0.15, 0.2) is 24.5 Å². The summed E-state index contributed by atoms with van der Waals surface area (Å²) in [5.74, 6) is 1.29. The van der Waals surface area contributed by atoms with Gasteiger partial charge in [-0.15, -0.1) is 0 Å². The molecule has 33 heavy (non-hydrogen) atoms. The lowest BCUT2D eigenvalue weighted by Gasteiger charge is -2.17. The molecule has 1 saturated carbocycles. The lowest BCUT2D eigenvalue weighted by molar-refractivity contribution is 0.243. The van der Waals surface area contributed by atoms with E-state index in [-0.39, 0.29) is 17.5 Å². The van der Waals surface area contributed by atoms with Crippen molar-refractivity contribution in [1.29, 1.82) is 0 Å². The topological polar surface area (TPSA) is 90.8 Å². The molecule has 0 spiro atoms. The maximum absolute atomic E-state index is 11.9. The summed E-state index contributed by atoms with van der Waals surface area (Å²) in [4.78, 5) is 6.41. The molecular weight excluding hydrogens is 458 g/mol. The van der Waals surface area contributed by atoms with Gasteiger partial charge in [-0.1, -0.05) is 0 Å². The lowest BCUT2D eigenvalue weighted by Crippen LogP contribution is -2.23. The van der Waals surface area contributed by atoms with Crippen LogP contribution in [0.3, 0.4) is 0 Å². The molecule has 0 amide bonds. The van der Waals surface area contributed by atoms with Gasteiger partial charge in [0, 0.05) is 41.8 Å². The van der Waals surface area contributed by atoms with E-state index in [2.05, 4.69) is 14.5 Å². The van der Waals surface area contributed by atoms with Crippen LogP contribution in [0.25, 0.3) is 11.4 Å². The number of hydrogen-bond acceptors (Lipinski definition) is 7. The zero-order valence-corrected chi connectivity index (χ0v) is 20.8. The number of rotatable bonds is 7. The first-order valence-corrected chi connectivity index (χ1v) is 13.5. The minimum Gasteiger partial charge on any atom is -0.297 e. The third-order valence-electron chi connectivity index (χ3n) is 6.53. The monoisotopic (exact) mass is 487 g/mol. The molecule has 176 valence electrons. The smallest absolute Gasteiger partial charge is 0.199 e. The molecule has 4 heterocycles. The fourth-order valence-electron chi connectivity index (χ4n) is 4.66. The van der Waals surface area contributed by atoms with Gasteiger partial charge in [-0.3, -0.25) is 19.1 Å². The van der Waals surface area contributed by atoms with E-state index < -0.39 is 9.84 Å². The number of aromatic nitrogens is 6. The fraction of sp³-hybridized carbons (Fsp3) is 0.545.